The molecule has 1 saturated carbocycles. The van der Waals surface area contributed by atoms with Crippen LogP contribution in [0.15, 0.2) is 24.3 Å². The third-order valence-corrected chi connectivity index (χ3v) is 4.31. The zero-order valence-corrected chi connectivity index (χ0v) is 12.0. The van der Waals surface area contributed by atoms with Gasteiger partial charge in [0, 0.05) is 12.1 Å². The molecular weight excluding hydrogens is 263 g/mol. The number of aryl methyl sites for hydroxylation is 1. The van der Waals surface area contributed by atoms with Crippen molar-refractivity contribution in [3.8, 4) is 0 Å². The van der Waals surface area contributed by atoms with Crippen LogP contribution < -0.4 is 5.32 Å². The average molecular weight is 285 g/mol. The van der Waals surface area contributed by atoms with Gasteiger partial charge in [0.1, 0.15) is 0 Å². The second-order valence-electron chi connectivity index (χ2n) is 5.78. The summed E-state index contributed by atoms with van der Waals surface area (Å²) in [6.45, 7) is 3.94. The Hall–Kier alpha value is -1.03. The van der Waals surface area contributed by atoms with E-state index in [2.05, 4.69) is 5.32 Å². The van der Waals surface area contributed by atoms with Gasteiger partial charge in [-0.25, -0.2) is 0 Å². The minimum absolute atomic E-state index is 0.0517. The van der Waals surface area contributed by atoms with Gasteiger partial charge in [0.15, 0.2) is 0 Å². The van der Waals surface area contributed by atoms with Gasteiger partial charge in [-0.3, -0.25) is 0 Å². The summed E-state index contributed by atoms with van der Waals surface area (Å²) in [6, 6.07) is 7.35. The summed E-state index contributed by atoms with van der Waals surface area (Å²) in [5.41, 5.74) is 2.20. The molecule has 0 saturated heterocycles. The molecule has 0 aliphatic heterocycles. The second kappa shape index (κ2) is 6.17. The molecule has 112 valence electrons. The second-order valence-corrected chi connectivity index (χ2v) is 5.78. The summed E-state index contributed by atoms with van der Waals surface area (Å²) in [6.07, 6.45) is -1.67. The van der Waals surface area contributed by atoms with Gasteiger partial charge in [0.25, 0.3) is 0 Å². The first kappa shape index (κ1) is 15.4. The standard InChI is InChI=1S/C16H22F3N/c1-11-7-3-4-8-13(11)12(2)20-15-10-6-5-9-14(15)16(17,18)19/h3-4,7-8,12,14-15,20H,5-6,9-10H2,1-2H3/t12-,14?,15?/m0/s1. The maximum absolute atomic E-state index is 13.1. The highest BCUT2D eigenvalue weighted by atomic mass is 19.4. The molecule has 1 nitrogen and oxygen atoms in total. The van der Waals surface area contributed by atoms with E-state index in [4.69, 9.17) is 0 Å². The third kappa shape index (κ3) is 3.54. The maximum atomic E-state index is 13.1. The smallest absolute Gasteiger partial charge is 0.307 e. The van der Waals surface area contributed by atoms with Crippen molar-refractivity contribution >= 4 is 0 Å². The van der Waals surface area contributed by atoms with Gasteiger partial charge in [-0.05, 0) is 37.8 Å². The summed E-state index contributed by atoms with van der Waals surface area (Å²) >= 11 is 0. The molecule has 0 heterocycles. The van der Waals surface area contributed by atoms with E-state index in [1.165, 1.54) is 0 Å². The summed E-state index contributed by atoms with van der Waals surface area (Å²) < 4.78 is 39.3. The Morgan fingerprint density at radius 1 is 1.15 bits per heavy atom. The van der Waals surface area contributed by atoms with Gasteiger partial charge in [-0.2, -0.15) is 13.2 Å². The topological polar surface area (TPSA) is 12.0 Å². The third-order valence-electron chi connectivity index (χ3n) is 4.31. The van der Waals surface area contributed by atoms with E-state index in [-0.39, 0.29) is 12.5 Å². The summed E-state index contributed by atoms with van der Waals surface area (Å²) in [4.78, 5) is 0. The van der Waals surface area contributed by atoms with Crippen LogP contribution in [-0.2, 0) is 0 Å². The highest BCUT2D eigenvalue weighted by Gasteiger charge is 2.45. The van der Waals surface area contributed by atoms with Crippen LogP contribution in [-0.4, -0.2) is 12.2 Å². The van der Waals surface area contributed by atoms with Gasteiger partial charge in [-0.1, -0.05) is 37.1 Å². The molecule has 3 atom stereocenters. The number of halogens is 3. The molecule has 0 amide bonds. The van der Waals surface area contributed by atoms with Crippen LogP contribution in [0.2, 0.25) is 0 Å². The van der Waals surface area contributed by atoms with Crippen molar-refractivity contribution in [1.82, 2.24) is 5.32 Å². The van der Waals surface area contributed by atoms with Crippen molar-refractivity contribution in [2.75, 3.05) is 0 Å². The van der Waals surface area contributed by atoms with Gasteiger partial charge in [0.2, 0.25) is 0 Å². The fourth-order valence-electron chi connectivity index (χ4n) is 3.21. The molecule has 1 fully saturated rings. The molecule has 2 unspecified atom stereocenters. The molecule has 1 aliphatic carbocycles. The Labute approximate surface area is 118 Å². The minimum Gasteiger partial charge on any atom is -0.307 e. The lowest BCUT2D eigenvalue weighted by Crippen LogP contribution is -2.46. The molecule has 1 aliphatic rings. The number of hydrogen-bond donors (Lipinski definition) is 1. The number of hydrogen-bond acceptors (Lipinski definition) is 1. The predicted octanol–water partition coefficient (Wildman–Crippen LogP) is 4.77. The molecule has 0 bridgehead atoms. The highest BCUT2D eigenvalue weighted by Crippen LogP contribution is 2.38. The van der Waals surface area contributed by atoms with Crippen LogP contribution >= 0.6 is 0 Å². The summed E-state index contributed by atoms with van der Waals surface area (Å²) in [5, 5.41) is 3.21. The molecule has 1 N–H and O–H groups in total. The normalized spacial score (nSPS) is 25.4. The summed E-state index contributed by atoms with van der Waals surface area (Å²) in [5.74, 6) is -1.21. The molecule has 1 aromatic rings. The molecule has 0 spiro atoms. The Bertz CT molecular complexity index is 442. The van der Waals surface area contributed by atoms with E-state index < -0.39 is 18.1 Å². The molecule has 1 aromatic carbocycles. The lowest BCUT2D eigenvalue weighted by atomic mass is 9.83. The number of nitrogens with one attached hydrogen (secondary N) is 1. The van der Waals surface area contributed by atoms with Crippen molar-refractivity contribution in [3.63, 3.8) is 0 Å². The highest BCUT2D eigenvalue weighted by molar-refractivity contribution is 5.28. The lowest BCUT2D eigenvalue weighted by molar-refractivity contribution is -0.189. The Morgan fingerprint density at radius 3 is 2.45 bits per heavy atom. The van der Waals surface area contributed by atoms with Gasteiger partial charge in [0.05, 0.1) is 5.92 Å². The van der Waals surface area contributed by atoms with Crippen LogP contribution in [0.3, 0.4) is 0 Å². The van der Waals surface area contributed by atoms with Crippen LogP contribution in [0.1, 0.15) is 49.8 Å². The molecular formula is C16H22F3N. The van der Waals surface area contributed by atoms with E-state index in [9.17, 15) is 13.2 Å². The average Bonchev–Trinajstić information content (AvgIpc) is 2.38. The van der Waals surface area contributed by atoms with Crippen molar-refractivity contribution < 1.29 is 13.2 Å². The van der Waals surface area contributed by atoms with Crippen LogP contribution in [0.25, 0.3) is 0 Å². The van der Waals surface area contributed by atoms with E-state index >= 15 is 0 Å². The van der Waals surface area contributed by atoms with Crippen molar-refractivity contribution in [2.24, 2.45) is 5.92 Å². The maximum Gasteiger partial charge on any atom is 0.393 e. The predicted molar refractivity (Wildman–Crippen MR) is 74.5 cm³/mol. The van der Waals surface area contributed by atoms with Crippen LogP contribution in [0, 0.1) is 12.8 Å². The number of rotatable bonds is 3. The molecule has 4 heteroatoms. The van der Waals surface area contributed by atoms with Gasteiger partial charge in [-0.15, -0.1) is 0 Å². The van der Waals surface area contributed by atoms with Crippen molar-refractivity contribution in [3.05, 3.63) is 35.4 Å². The molecule has 20 heavy (non-hydrogen) atoms. The van der Waals surface area contributed by atoms with Crippen LogP contribution in [0.4, 0.5) is 13.2 Å². The first-order valence-corrected chi connectivity index (χ1v) is 7.28. The SMILES string of the molecule is Cc1ccccc1[C@H](C)NC1CCCCC1C(F)(F)F. The van der Waals surface area contributed by atoms with E-state index in [1.54, 1.807) is 0 Å². The van der Waals surface area contributed by atoms with Crippen molar-refractivity contribution in [1.29, 1.82) is 0 Å². The first-order chi connectivity index (χ1) is 9.39. The lowest BCUT2D eigenvalue weighted by Gasteiger charge is -2.35. The van der Waals surface area contributed by atoms with Gasteiger partial charge < -0.3 is 5.32 Å². The Kier molecular flexibility index (Phi) is 4.74. The number of alkyl halides is 3. The molecule has 0 aromatic heterocycles. The summed E-state index contributed by atoms with van der Waals surface area (Å²) in [7, 11) is 0. The first-order valence-electron chi connectivity index (χ1n) is 7.28. The minimum atomic E-state index is -4.09. The Morgan fingerprint density at radius 2 is 1.80 bits per heavy atom. The largest absolute Gasteiger partial charge is 0.393 e. The number of benzene rings is 1. The van der Waals surface area contributed by atoms with Gasteiger partial charge >= 0.3 is 6.18 Å². The monoisotopic (exact) mass is 285 g/mol. The van der Waals surface area contributed by atoms with E-state index in [0.29, 0.717) is 12.8 Å². The fraction of sp³-hybridized carbons (Fsp3) is 0.625. The zero-order valence-electron chi connectivity index (χ0n) is 12.0. The van der Waals surface area contributed by atoms with E-state index in [0.717, 1.165) is 17.5 Å². The quantitative estimate of drug-likeness (QED) is 0.843. The molecule has 0 radical (unpaired) electrons. The fourth-order valence-corrected chi connectivity index (χ4v) is 3.21. The van der Waals surface area contributed by atoms with Crippen molar-refractivity contribution in [2.45, 2.75) is 57.8 Å². The zero-order chi connectivity index (χ0) is 14.8. The molecule has 2 rings (SSSR count). The Balaban J connectivity index is 2.09. The van der Waals surface area contributed by atoms with Crippen LogP contribution in [0.5, 0.6) is 0 Å². The van der Waals surface area contributed by atoms with E-state index in [1.807, 2.05) is 38.1 Å².